The van der Waals surface area contributed by atoms with Gasteiger partial charge < -0.3 is 19.4 Å². The lowest BCUT2D eigenvalue weighted by molar-refractivity contribution is 0.0504. The van der Waals surface area contributed by atoms with E-state index in [2.05, 4.69) is 10.3 Å². The Morgan fingerprint density at radius 3 is 2.72 bits per heavy atom. The molecule has 136 valence electrons. The first-order chi connectivity index (χ1) is 11.7. The molecule has 0 spiro atoms. The molecule has 2 heterocycles. The maximum atomic E-state index is 12.2. The van der Waals surface area contributed by atoms with Crippen LogP contribution in [0.5, 0.6) is 0 Å². The first-order valence-corrected chi connectivity index (χ1v) is 8.32. The van der Waals surface area contributed by atoms with Gasteiger partial charge in [0.2, 0.25) is 0 Å². The number of ether oxygens (including phenoxy) is 2. The minimum absolute atomic E-state index is 0.251. The van der Waals surface area contributed by atoms with Crippen LogP contribution >= 0.6 is 0 Å². The van der Waals surface area contributed by atoms with Crippen LogP contribution < -0.4 is 5.32 Å². The van der Waals surface area contributed by atoms with Crippen molar-refractivity contribution in [1.29, 1.82) is 0 Å². The van der Waals surface area contributed by atoms with Crippen LogP contribution in [0.1, 0.15) is 45.1 Å². The van der Waals surface area contributed by atoms with Gasteiger partial charge in [-0.2, -0.15) is 0 Å². The number of carbonyl (C=O) groups is 2. The van der Waals surface area contributed by atoms with Crippen LogP contribution in [0.4, 0.5) is 4.79 Å². The number of amides is 1. The molecule has 2 rings (SSSR count). The quantitative estimate of drug-likeness (QED) is 0.840. The Morgan fingerprint density at radius 1 is 1.36 bits per heavy atom. The fourth-order valence-electron chi connectivity index (χ4n) is 2.48. The Balaban J connectivity index is 2.22. The first-order valence-electron chi connectivity index (χ1n) is 8.32. The summed E-state index contributed by atoms with van der Waals surface area (Å²) in [4.78, 5) is 28.5. The molecule has 0 saturated carbocycles. The van der Waals surface area contributed by atoms with Crippen LogP contribution in [0.15, 0.2) is 24.4 Å². The van der Waals surface area contributed by atoms with Gasteiger partial charge in [-0.15, -0.1) is 0 Å². The van der Waals surface area contributed by atoms with Crippen molar-refractivity contribution < 1.29 is 19.1 Å². The molecular weight excluding hydrogens is 322 g/mol. The second-order valence-corrected chi connectivity index (χ2v) is 6.82. The average molecular weight is 347 g/mol. The normalized spacial score (nSPS) is 12.7. The number of alkyl carbamates (subject to hydrolysis) is 1. The number of nitrogens with one attached hydrogen (secondary N) is 1. The Morgan fingerprint density at radius 2 is 2.08 bits per heavy atom. The van der Waals surface area contributed by atoms with Crippen molar-refractivity contribution in [2.24, 2.45) is 0 Å². The van der Waals surface area contributed by atoms with Gasteiger partial charge in [0, 0.05) is 18.8 Å². The van der Waals surface area contributed by atoms with Crippen LogP contribution in [-0.2, 0) is 16.0 Å². The predicted octanol–water partition coefficient (Wildman–Crippen LogP) is 3.13. The van der Waals surface area contributed by atoms with Gasteiger partial charge >= 0.3 is 12.1 Å². The molecule has 25 heavy (non-hydrogen) atoms. The molecule has 2 aromatic heterocycles. The highest BCUT2D eigenvalue weighted by molar-refractivity contribution is 5.94. The van der Waals surface area contributed by atoms with Crippen LogP contribution in [0.3, 0.4) is 0 Å². The van der Waals surface area contributed by atoms with Gasteiger partial charge in [0.15, 0.2) is 0 Å². The average Bonchev–Trinajstić information content (AvgIpc) is 2.84. The van der Waals surface area contributed by atoms with Crippen molar-refractivity contribution >= 4 is 23.1 Å². The summed E-state index contributed by atoms with van der Waals surface area (Å²) in [6.07, 6.45) is 1.18. The van der Waals surface area contributed by atoms with Crippen LogP contribution in [0, 0.1) is 0 Å². The van der Waals surface area contributed by atoms with Gasteiger partial charge in [0.1, 0.15) is 11.3 Å². The third-order valence-corrected chi connectivity index (χ3v) is 3.38. The molecule has 0 aliphatic rings. The lowest BCUT2D eigenvalue weighted by Crippen LogP contribution is -2.40. The number of fused-ring (bicyclic) bond motifs is 1. The molecule has 1 amide bonds. The molecule has 0 fully saturated rings. The van der Waals surface area contributed by atoms with Crippen LogP contribution in [0.25, 0.3) is 11.0 Å². The van der Waals surface area contributed by atoms with Crippen molar-refractivity contribution in [3.63, 3.8) is 0 Å². The van der Waals surface area contributed by atoms with Crippen LogP contribution in [-0.4, -0.2) is 39.9 Å². The van der Waals surface area contributed by atoms with Gasteiger partial charge in [-0.05, 0) is 52.8 Å². The van der Waals surface area contributed by atoms with Gasteiger partial charge in [0.05, 0.1) is 17.6 Å². The van der Waals surface area contributed by atoms with Crippen LogP contribution in [0.2, 0.25) is 0 Å². The van der Waals surface area contributed by atoms with E-state index < -0.39 is 17.7 Å². The number of aromatic nitrogens is 2. The molecular formula is C18H25N3O4. The zero-order chi connectivity index (χ0) is 18.6. The lowest BCUT2D eigenvalue weighted by Gasteiger charge is -2.22. The standard InChI is InChI=1S/C18H25N3O4/c1-6-24-16(22)15-10-13-14(8-7-9-19-13)21(15)11-12(2)20-17(23)25-18(3,4)5/h7-10,12H,6,11H2,1-5H3,(H,20,23)/t12-/m1/s1. The van der Waals surface area contributed by atoms with E-state index >= 15 is 0 Å². The smallest absolute Gasteiger partial charge is 0.407 e. The molecule has 0 aromatic carbocycles. The van der Waals surface area contributed by atoms with Crippen molar-refractivity contribution in [2.75, 3.05) is 6.61 Å². The van der Waals surface area contributed by atoms with Crippen molar-refractivity contribution in [3.05, 3.63) is 30.1 Å². The fraction of sp³-hybridized carbons (Fsp3) is 0.500. The van der Waals surface area contributed by atoms with E-state index in [9.17, 15) is 9.59 Å². The molecule has 0 aliphatic carbocycles. The number of nitrogens with zero attached hydrogens (tertiary/aromatic N) is 2. The number of hydrogen-bond donors (Lipinski definition) is 1. The highest BCUT2D eigenvalue weighted by Crippen LogP contribution is 2.19. The summed E-state index contributed by atoms with van der Waals surface area (Å²) >= 11 is 0. The molecule has 0 bridgehead atoms. The van der Waals surface area contributed by atoms with E-state index in [1.807, 2.05) is 17.6 Å². The summed E-state index contributed by atoms with van der Waals surface area (Å²) in [7, 11) is 0. The summed E-state index contributed by atoms with van der Waals surface area (Å²) in [6, 6.07) is 5.14. The molecule has 7 heteroatoms. The lowest BCUT2D eigenvalue weighted by atomic mass is 10.2. The first kappa shape index (κ1) is 18.8. The maximum Gasteiger partial charge on any atom is 0.407 e. The summed E-state index contributed by atoms with van der Waals surface area (Å²) in [5.74, 6) is -0.412. The largest absolute Gasteiger partial charge is 0.461 e. The summed E-state index contributed by atoms with van der Waals surface area (Å²) in [5, 5.41) is 2.78. The zero-order valence-corrected chi connectivity index (χ0v) is 15.3. The Hall–Kier alpha value is -2.57. The van der Waals surface area contributed by atoms with E-state index in [-0.39, 0.29) is 6.04 Å². The minimum atomic E-state index is -0.566. The number of hydrogen-bond acceptors (Lipinski definition) is 5. The SMILES string of the molecule is CCOC(=O)c1cc2ncccc2n1C[C@@H](C)NC(=O)OC(C)(C)C. The van der Waals surface area contributed by atoms with Gasteiger partial charge in [-0.1, -0.05) is 0 Å². The summed E-state index contributed by atoms with van der Waals surface area (Å²) in [6.45, 7) is 9.71. The molecule has 0 saturated heterocycles. The van der Waals surface area contributed by atoms with E-state index in [0.717, 1.165) is 5.52 Å². The monoisotopic (exact) mass is 347 g/mol. The van der Waals surface area contributed by atoms with Gasteiger partial charge in [-0.25, -0.2) is 9.59 Å². The number of carbonyl (C=O) groups excluding carboxylic acids is 2. The molecule has 1 atom stereocenters. The second kappa shape index (κ2) is 7.55. The van der Waals surface area contributed by atoms with E-state index in [1.54, 1.807) is 46.0 Å². The molecule has 1 N–H and O–H groups in total. The summed E-state index contributed by atoms with van der Waals surface area (Å²) in [5.41, 5.74) is 1.36. The highest BCUT2D eigenvalue weighted by Gasteiger charge is 2.21. The van der Waals surface area contributed by atoms with E-state index in [1.165, 1.54) is 0 Å². The zero-order valence-electron chi connectivity index (χ0n) is 15.3. The van der Waals surface area contributed by atoms with Crippen molar-refractivity contribution in [1.82, 2.24) is 14.9 Å². The Labute approximate surface area is 147 Å². The predicted molar refractivity (Wildman–Crippen MR) is 94.5 cm³/mol. The minimum Gasteiger partial charge on any atom is -0.461 e. The van der Waals surface area contributed by atoms with E-state index in [0.29, 0.717) is 24.4 Å². The van der Waals surface area contributed by atoms with Crippen molar-refractivity contribution in [3.8, 4) is 0 Å². The third kappa shape index (κ3) is 4.95. The van der Waals surface area contributed by atoms with Gasteiger partial charge in [0.25, 0.3) is 0 Å². The molecule has 0 unspecified atom stereocenters. The highest BCUT2D eigenvalue weighted by atomic mass is 16.6. The van der Waals surface area contributed by atoms with E-state index in [4.69, 9.17) is 9.47 Å². The Bertz CT molecular complexity index is 761. The molecule has 0 radical (unpaired) electrons. The summed E-state index contributed by atoms with van der Waals surface area (Å²) < 4.78 is 12.2. The topological polar surface area (TPSA) is 82.5 Å². The number of rotatable bonds is 5. The van der Waals surface area contributed by atoms with Crippen molar-refractivity contribution in [2.45, 2.75) is 52.8 Å². The molecule has 0 aliphatic heterocycles. The fourth-order valence-corrected chi connectivity index (χ4v) is 2.48. The second-order valence-electron chi connectivity index (χ2n) is 6.82. The number of esters is 1. The maximum absolute atomic E-state index is 12.2. The molecule has 7 nitrogen and oxygen atoms in total. The third-order valence-electron chi connectivity index (χ3n) is 3.38. The molecule has 2 aromatic rings. The Kier molecular flexibility index (Phi) is 5.66. The number of pyridine rings is 1. The van der Waals surface area contributed by atoms with Gasteiger partial charge in [-0.3, -0.25) is 4.98 Å².